The lowest BCUT2D eigenvalue weighted by Crippen LogP contribution is -2.04. The summed E-state index contributed by atoms with van der Waals surface area (Å²) < 4.78 is 13.8. The molecule has 0 unspecified atom stereocenters. The number of anilines is 3. The molecule has 1 aromatic heterocycles. The van der Waals surface area contributed by atoms with Gasteiger partial charge in [-0.25, -0.2) is 4.39 Å². The van der Waals surface area contributed by atoms with Gasteiger partial charge in [-0.3, -0.25) is 0 Å². The van der Waals surface area contributed by atoms with Crippen LogP contribution in [-0.2, 0) is 0 Å². The Hall–Kier alpha value is -1.47. The zero-order chi connectivity index (χ0) is 13.1. The van der Waals surface area contributed by atoms with Crippen LogP contribution in [0.5, 0.6) is 0 Å². The van der Waals surface area contributed by atoms with Crippen molar-refractivity contribution in [2.75, 3.05) is 17.7 Å². The van der Waals surface area contributed by atoms with Crippen LogP contribution in [0.3, 0.4) is 0 Å². The molecular formula is C10H8BrClFN5. The molecule has 0 bridgehead atoms. The molecule has 1 aromatic carbocycles. The van der Waals surface area contributed by atoms with Crippen LogP contribution in [0.1, 0.15) is 0 Å². The van der Waals surface area contributed by atoms with Crippen LogP contribution in [0.25, 0.3) is 0 Å². The fraction of sp³-hybridized carbons (Fsp3) is 0.100. The summed E-state index contributed by atoms with van der Waals surface area (Å²) in [5.74, 6) is 0.186. The lowest BCUT2D eigenvalue weighted by molar-refractivity contribution is 0.628. The molecule has 18 heavy (non-hydrogen) atoms. The van der Waals surface area contributed by atoms with Gasteiger partial charge in [0.05, 0.1) is 5.69 Å². The van der Waals surface area contributed by atoms with E-state index in [4.69, 9.17) is 11.6 Å². The molecule has 1 heterocycles. The van der Waals surface area contributed by atoms with E-state index in [0.29, 0.717) is 16.1 Å². The van der Waals surface area contributed by atoms with Gasteiger partial charge in [-0.1, -0.05) is 0 Å². The first-order valence-corrected chi connectivity index (χ1v) is 6.07. The molecule has 2 rings (SSSR count). The molecule has 8 heteroatoms. The molecule has 0 atom stereocenters. The van der Waals surface area contributed by atoms with Gasteiger partial charge in [0.25, 0.3) is 0 Å². The van der Waals surface area contributed by atoms with Gasteiger partial charge in [0.2, 0.25) is 17.2 Å². The van der Waals surface area contributed by atoms with Gasteiger partial charge in [0.15, 0.2) is 0 Å². The number of rotatable bonds is 3. The van der Waals surface area contributed by atoms with Gasteiger partial charge in [-0.15, -0.1) is 0 Å². The summed E-state index contributed by atoms with van der Waals surface area (Å²) in [6, 6.07) is 4.24. The minimum atomic E-state index is -0.366. The van der Waals surface area contributed by atoms with Gasteiger partial charge in [-0.2, -0.15) is 15.0 Å². The highest BCUT2D eigenvalue weighted by molar-refractivity contribution is 9.10. The largest absolute Gasteiger partial charge is 0.357 e. The summed E-state index contributed by atoms with van der Waals surface area (Å²) >= 11 is 9.03. The second kappa shape index (κ2) is 5.45. The van der Waals surface area contributed by atoms with E-state index in [1.165, 1.54) is 12.1 Å². The monoisotopic (exact) mass is 331 g/mol. The predicted octanol–water partition coefficient (Wildman–Crippen LogP) is 3.21. The Morgan fingerprint density at radius 1 is 1.22 bits per heavy atom. The van der Waals surface area contributed by atoms with Crippen LogP contribution in [0.4, 0.5) is 22.0 Å². The zero-order valence-corrected chi connectivity index (χ0v) is 11.5. The summed E-state index contributed by atoms with van der Waals surface area (Å²) in [4.78, 5) is 11.8. The second-order valence-corrected chi connectivity index (χ2v) is 4.44. The van der Waals surface area contributed by atoms with Crippen LogP contribution in [0, 0.1) is 5.82 Å². The quantitative estimate of drug-likeness (QED) is 0.903. The first-order chi connectivity index (χ1) is 8.58. The molecule has 0 aliphatic rings. The maximum absolute atomic E-state index is 13.1. The van der Waals surface area contributed by atoms with Crippen molar-refractivity contribution >= 4 is 45.1 Å². The highest BCUT2D eigenvalue weighted by Crippen LogP contribution is 2.25. The van der Waals surface area contributed by atoms with Gasteiger partial charge in [0, 0.05) is 11.5 Å². The van der Waals surface area contributed by atoms with E-state index in [0.717, 1.165) is 0 Å². The number of nitrogens with one attached hydrogen (secondary N) is 2. The molecule has 0 aliphatic carbocycles. The third kappa shape index (κ3) is 3.05. The summed E-state index contributed by atoms with van der Waals surface area (Å²) in [5, 5.41) is 5.65. The van der Waals surface area contributed by atoms with Crippen LogP contribution in [-0.4, -0.2) is 22.0 Å². The molecule has 0 radical (unpaired) electrons. The fourth-order valence-electron chi connectivity index (χ4n) is 1.23. The molecule has 0 saturated carbocycles. The lowest BCUT2D eigenvalue weighted by Gasteiger charge is -2.08. The molecule has 2 N–H and O–H groups in total. The Kier molecular flexibility index (Phi) is 3.93. The molecular weight excluding hydrogens is 324 g/mol. The van der Waals surface area contributed by atoms with Crippen LogP contribution in [0.15, 0.2) is 22.7 Å². The van der Waals surface area contributed by atoms with Crippen LogP contribution < -0.4 is 10.6 Å². The van der Waals surface area contributed by atoms with E-state index in [1.807, 2.05) is 0 Å². The molecule has 94 valence electrons. The zero-order valence-electron chi connectivity index (χ0n) is 9.21. The minimum Gasteiger partial charge on any atom is -0.357 e. The third-order valence-electron chi connectivity index (χ3n) is 2.01. The lowest BCUT2D eigenvalue weighted by atomic mass is 10.3. The topological polar surface area (TPSA) is 62.7 Å². The molecule has 2 aromatic rings. The van der Waals surface area contributed by atoms with Crippen molar-refractivity contribution in [3.8, 4) is 0 Å². The highest BCUT2D eigenvalue weighted by Gasteiger charge is 2.07. The van der Waals surface area contributed by atoms with Crippen molar-refractivity contribution in [1.82, 2.24) is 15.0 Å². The van der Waals surface area contributed by atoms with Crippen molar-refractivity contribution in [2.45, 2.75) is 0 Å². The predicted molar refractivity (Wildman–Crippen MR) is 71.8 cm³/mol. The third-order valence-corrected chi connectivity index (χ3v) is 2.87. The van der Waals surface area contributed by atoms with E-state index in [-0.39, 0.29) is 17.0 Å². The van der Waals surface area contributed by atoms with Crippen molar-refractivity contribution in [3.63, 3.8) is 0 Å². The van der Waals surface area contributed by atoms with E-state index < -0.39 is 0 Å². The standard InChI is InChI=1S/C10H8BrClFN5/c1-14-9-16-8(12)17-10(18-9)15-7-4-5(13)2-3-6(7)11/h2-4H,1H3,(H2,14,15,16,17,18). The molecule has 5 nitrogen and oxygen atoms in total. The Balaban J connectivity index is 2.33. The first kappa shape index (κ1) is 13.0. The number of nitrogens with zero attached hydrogens (tertiary/aromatic N) is 3. The molecule has 0 amide bonds. The number of benzene rings is 1. The fourth-order valence-corrected chi connectivity index (χ4v) is 1.74. The number of hydrogen-bond donors (Lipinski definition) is 2. The van der Waals surface area contributed by atoms with E-state index in [2.05, 4.69) is 41.5 Å². The highest BCUT2D eigenvalue weighted by atomic mass is 79.9. The van der Waals surface area contributed by atoms with E-state index in [1.54, 1.807) is 13.1 Å². The summed E-state index contributed by atoms with van der Waals surface area (Å²) in [6.07, 6.45) is 0. The van der Waals surface area contributed by atoms with Gasteiger partial charge < -0.3 is 10.6 Å². The van der Waals surface area contributed by atoms with Crippen LogP contribution >= 0.6 is 27.5 Å². The Labute approximate surface area is 116 Å². The SMILES string of the molecule is CNc1nc(Cl)nc(Nc2cc(F)ccc2Br)n1. The van der Waals surface area contributed by atoms with Gasteiger partial charge in [0.1, 0.15) is 5.82 Å². The summed E-state index contributed by atoms with van der Waals surface area (Å²) in [6.45, 7) is 0. The maximum Gasteiger partial charge on any atom is 0.233 e. The molecule has 0 aliphatic heterocycles. The van der Waals surface area contributed by atoms with E-state index >= 15 is 0 Å². The average molecular weight is 333 g/mol. The number of aromatic nitrogens is 3. The normalized spacial score (nSPS) is 10.2. The van der Waals surface area contributed by atoms with Crippen molar-refractivity contribution in [2.24, 2.45) is 0 Å². The second-order valence-electron chi connectivity index (χ2n) is 3.25. The summed E-state index contributed by atoms with van der Waals surface area (Å²) in [7, 11) is 1.66. The molecule has 0 fully saturated rings. The summed E-state index contributed by atoms with van der Waals surface area (Å²) in [5.41, 5.74) is 0.499. The van der Waals surface area contributed by atoms with Crippen LogP contribution in [0.2, 0.25) is 5.28 Å². The Morgan fingerprint density at radius 3 is 2.67 bits per heavy atom. The van der Waals surface area contributed by atoms with Gasteiger partial charge >= 0.3 is 0 Å². The van der Waals surface area contributed by atoms with Crippen molar-refractivity contribution in [3.05, 3.63) is 33.8 Å². The number of halogens is 3. The molecule has 0 spiro atoms. The van der Waals surface area contributed by atoms with E-state index in [9.17, 15) is 4.39 Å². The maximum atomic E-state index is 13.1. The Bertz CT molecular complexity index is 580. The smallest absolute Gasteiger partial charge is 0.233 e. The van der Waals surface area contributed by atoms with Crippen molar-refractivity contribution < 1.29 is 4.39 Å². The van der Waals surface area contributed by atoms with Gasteiger partial charge in [-0.05, 0) is 45.7 Å². The van der Waals surface area contributed by atoms with Crippen molar-refractivity contribution in [1.29, 1.82) is 0 Å². The molecule has 0 saturated heterocycles. The number of hydrogen-bond acceptors (Lipinski definition) is 5. The Morgan fingerprint density at radius 2 is 1.94 bits per heavy atom. The minimum absolute atomic E-state index is 0.0457. The average Bonchev–Trinajstić information content (AvgIpc) is 2.33. The first-order valence-electron chi connectivity index (χ1n) is 4.90.